The molecule has 1 aromatic carbocycles. The van der Waals surface area contributed by atoms with Crippen molar-refractivity contribution in [2.45, 2.75) is 50.4 Å². The third-order valence-electron chi connectivity index (χ3n) is 4.39. The Kier molecular flexibility index (Phi) is 3.42. The van der Waals surface area contributed by atoms with Crippen LogP contribution in [0.25, 0.3) is 0 Å². The van der Waals surface area contributed by atoms with Gasteiger partial charge in [-0.15, -0.1) is 0 Å². The lowest BCUT2D eigenvalue weighted by Crippen LogP contribution is -2.50. The Morgan fingerprint density at radius 1 is 1.21 bits per heavy atom. The van der Waals surface area contributed by atoms with E-state index in [-0.39, 0.29) is 12.1 Å². The Bertz CT molecular complexity index is 435. The van der Waals surface area contributed by atoms with Gasteiger partial charge in [-0.1, -0.05) is 30.3 Å². The highest BCUT2D eigenvalue weighted by Crippen LogP contribution is 2.35. The molecule has 2 N–H and O–H groups in total. The molecule has 4 nitrogen and oxygen atoms in total. The van der Waals surface area contributed by atoms with Crippen LogP contribution >= 0.6 is 0 Å². The molecule has 0 aliphatic carbocycles. The van der Waals surface area contributed by atoms with Gasteiger partial charge in [0.25, 0.3) is 0 Å². The van der Waals surface area contributed by atoms with Crippen LogP contribution in [0.15, 0.2) is 30.3 Å². The normalized spacial score (nSPS) is 29.5. The maximum Gasteiger partial charge on any atom is 0.407 e. The fourth-order valence-electron chi connectivity index (χ4n) is 3.51. The number of hydrogen-bond acceptors (Lipinski definition) is 2. The molecular weight excluding hydrogens is 240 g/mol. The lowest BCUT2D eigenvalue weighted by molar-refractivity contribution is 0.0919. The highest BCUT2D eigenvalue weighted by molar-refractivity contribution is 5.66. The van der Waals surface area contributed by atoms with Crippen LogP contribution in [0.2, 0.25) is 0 Å². The molecule has 2 fully saturated rings. The Morgan fingerprint density at radius 2 is 1.84 bits per heavy atom. The quantitative estimate of drug-likeness (QED) is 0.877. The van der Waals surface area contributed by atoms with Gasteiger partial charge >= 0.3 is 6.09 Å². The molecule has 2 unspecified atom stereocenters. The Hall–Kier alpha value is -1.55. The predicted molar refractivity (Wildman–Crippen MR) is 73.0 cm³/mol. The van der Waals surface area contributed by atoms with Gasteiger partial charge in [-0.05, 0) is 31.2 Å². The van der Waals surface area contributed by atoms with E-state index in [1.807, 2.05) is 18.2 Å². The van der Waals surface area contributed by atoms with Gasteiger partial charge < -0.3 is 15.3 Å². The zero-order valence-corrected chi connectivity index (χ0v) is 11.0. The van der Waals surface area contributed by atoms with Gasteiger partial charge in [-0.3, -0.25) is 0 Å². The molecule has 4 heteroatoms. The van der Waals surface area contributed by atoms with Crippen LogP contribution in [-0.4, -0.2) is 34.2 Å². The van der Waals surface area contributed by atoms with E-state index in [1.165, 1.54) is 5.56 Å². The minimum Gasteiger partial charge on any atom is -0.465 e. The van der Waals surface area contributed by atoms with E-state index in [2.05, 4.69) is 17.4 Å². The molecule has 1 amide bonds. The summed E-state index contributed by atoms with van der Waals surface area (Å²) in [5.74, 6) is 0. The number of nitrogens with zero attached hydrogens (tertiary/aromatic N) is 1. The minimum atomic E-state index is -0.742. The average molecular weight is 260 g/mol. The molecule has 2 atom stereocenters. The van der Waals surface area contributed by atoms with E-state index in [9.17, 15) is 9.90 Å². The van der Waals surface area contributed by atoms with E-state index in [4.69, 9.17) is 0 Å². The van der Waals surface area contributed by atoms with Crippen molar-refractivity contribution in [1.82, 2.24) is 10.2 Å². The fourth-order valence-corrected chi connectivity index (χ4v) is 3.51. The number of carbonyl (C=O) groups is 1. The first kappa shape index (κ1) is 12.5. The van der Waals surface area contributed by atoms with Crippen LogP contribution in [0.4, 0.5) is 4.79 Å². The number of hydrogen-bond donors (Lipinski definition) is 2. The Labute approximate surface area is 113 Å². The van der Waals surface area contributed by atoms with Crippen molar-refractivity contribution in [3.8, 4) is 0 Å². The van der Waals surface area contributed by atoms with E-state index < -0.39 is 6.09 Å². The van der Waals surface area contributed by atoms with E-state index >= 15 is 0 Å². The zero-order valence-electron chi connectivity index (χ0n) is 11.0. The van der Waals surface area contributed by atoms with Crippen LogP contribution in [0.3, 0.4) is 0 Å². The number of nitrogens with one attached hydrogen (secondary N) is 1. The number of piperidine rings is 1. The topological polar surface area (TPSA) is 52.6 Å². The molecule has 0 aromatic heterocycles. The molecule has 2 heterocycles. The zero-order chi connectivity index (χ0) is 13.2. The lowest BCUT2D eigenvalue weighted by Gasteiger charge is -2.37. The summed E-state index contributed by atoms with van der Waals surface area (Å²) in [5, 5.41) is 12.8. The van der Waals surface area contributed by atoms with E-state index in [1.54, 1.807) is 4.90 Å². The number of benzene rings is 1. The predicted octanol–water partition coefficient (Wildman–Crippen LogP) is 2.45. The Balaban J connectivity index is 1.57. The molecule has 2 saturated heterocycles. The summed E-state index contributed by atoms with van der Waals surface area (Å²) in [5.41, 5.74) is 1.29. The summed E-state index contributed by atoms with van der Waals surface area (Å²) in [7, 11) is 0. The van der Waals surface area contributed by atoms with Crippen molar-refractivity contribution in [3.63, 3.8) is 0 Å². The van der Waals surface area contributed by atoms with Crippen LogP contribution < -0.4 is 5.32 Å². The number of fused-ring (bicyclic) bond motifs is 2. The van der Waals surface area contributed by atoms with Gasteiger partial charge in [0, 0.05) is 24.7 Å². The summed E-state index contributed by atoms with van der Waals surface area (Å²) < 4.78 is 0. The van der Waals surface area contributed by atoms with Crippen molar-refractivity contribution >= 4 is 6.09 Å². The maximum atomic E-state index is 11.2. The molecule has 2 bridgehead atoms. The third kappa shape index (κ3) is 2.59. The van der Waals surface area contributed by atoms with Crippen molar-refractivity contribution in [3.05, 3.63) is 35.9 Å². The minimum absolute atomic E-state index is 0.226. The van der Waals surface area contributed by atoms with Gasteiger partial charge in [0.1, 0.15) is 0 Å². The second-order valence-electron chi connectivity index (χ2n) is 5.61. The van der Waals surface area contributed by atoms with E-state index in [0.717, 1.165) is 32.2 Å². The molecule has 2 aliphatic heterocycles. The van der Waals surface area contributed by atoms with Crippen molar-refractivity contribution < 1.29 is 9.90 Å². The summed E-state index contributed by atoms with van der Waals surface area (Å²) in [6.45, 7) is 0.873. The summed E-state index contributed by atoms with van der Waals surface area (Å²) in [6, 6.07) is 11.3. The van der Waals surface area contributed by atoms with Crippen LogP contribution in [0.1, 0.15) is 31.2 Å². The molecular formula is C15H20N2O2. The fraction of sp³-hybridized carbons (Fsp3) is 0.533. The Morgan fingerprint density at radius 3 is 2.42 bits per heavy atom. The summed E-state index contributed by atoms with van der Waals surface area (Å²) in [6.07, 6.45) is 3.22. The number of amides is 1. The largest absolute Gasteiger partial charge is 0.465 e. The molecule has 19 heavy (non-hydrogen) atoms. The van der Waals surface area contributed by atoms with Crippen molar-refractivity contribution in [2.24, 2.45) is 0 Å². The molecule has 0 radical (unpaired) electrons. The smallest absolute Gasteiger partial charge is 0.407 e. The standard InChI is InChI=1S/C15H20N2O2/c18-15(19)17-13-6-7-14(17)9-12(8-13)16-10-11-4-2-1-3-5-11/h1-5,12-14,16H,6-10H2,(H,18,19). The van der Waals surface area contributed by atoms with Gasteiger partial charge in [-0.2, -0.15) is 0 Å². The van der Waals surface area contributed by atoms with E-state index in [0.29, 0.717) is 6.04 Å². The van der Waals surface area contributed by atoms with Crippen LogP contribution in [0, 0.1) is 0 Å². The van der Waals surface area contributed by atoms with Gasteiger partial charge in [0.2, 0.25) is 0 Å². The number of carboxylic acid groups (broad SMARTS) is 1. The molecule has 1 aromatic rings. The second kappa shape index (κ2) is 5.21. The first-order chi connectivity index (χ1) is 9.24. The monoisotopic (exact) mass is 260 g/mol. The first-order valence-electron chi connectivity index (χ1n) is 7.02. The maximum absolute atomic E-state index is 11.2. The summed E-state index contributed by atoms with van der Waals surface area (Å²) in [4.78, 5) is 12.9. The van der Waals surface area contributed by atoms with Crippen molar-refractivity contribution in [1.29, 1.82) is 0 Å². The SMILES string of the molecule is O=C(O)N1C2CCC1CC(NCc1ccccc1)C2. The van der Waals surface area contributed by atoms with Gasteiger partial charge in [0.15, 0.2) is 0 Å². The second-order valence-corrected chi connectivity index (χ2v) is 5.61. The van der Waals surface area contributed by atoms with Crippen molar-refractivity contribution in [2.75, 3.05) is 0 Å². The van der Waals surface area contributed by atoms with Gasteiger partial charge in [-0.25, -0.2) is 4.79 Å². The molecule has 2 aliphatic rings. The molecule has 0 spiro atoms. The summed E-state index contributed by atoms with van der Waals surface area (Å²) >= 11 is 0. The average Bonchev–Trinajstić information content (AvgIpc) is 2.70. The van der Waals surface area contributed by atoms with Crippen LogP contribution in [-0.2, 0) is 6.54 Å². The molecule has 0 saturated carbocycles. The lowest BCUT2D eigenvalue weighted by atomic mass is 9.97. The molecule has 102 valence electrons. The highest BCUT2D eigenvalue weighted by Gasteiger charge is 2.43. The third-order valence-corrected chi connectivity index (χ3v) is 4.39. The highest BCUT2D eigenvalue weighted by atomic mass is 16.4. The first-order valence-corrected chi connectivity index (χ1v) is 7.02. The molecule has 3 rings (SSSR count). The van der Waals surface area contributed by atoms with Crippen LogP contribution in [0.5, 0.6) is 0 Å². The number of rotatable bonds is 3. The van der Waals surface area contributed by atoms with Gasteiger partial charge in [0.05, 0.1) is 0 Å².